The highest BCUT2D eigenvalue weighted by Gasteiger charge is 2.36. The molecule has 28 heavy (non-hydrogen) atoms. The number of anilines is 1. The van der Waals surface area contributed by atoms with Crippen molar-refractivity contribution in [3.8, 4) is 16.9 Å². The van der Waals surface area contributed by atoms with Gasteiger partial charge in [-0.2, -0.15) is 31.4 Å². The first-order valence-corrected chi connectivity index (χ1v) is 8.36. The molecule has 146 valence electrons. The predicted octanol–water partition coefficient (Wildman–Crippen LogP) is 5.54. The summed E-state index contributed by atoms with van der Waals surface area (Å²) in [4.78, 5) is 0. The van der Waals surface area contributed by atoms with Crippen LogP contribution in [0.25, 0.3) is 16.9 Å². The summed E-state index contributed by atoms with van der Waals surface area (Å²) in [7, 11) is 0. The molecule has 0 unspecified atom stereocenters. The van der Waals surface area contributed by atoms with Crippen LogP contribution in [0.3, 0.4) is 0 Å². The zero-order chi connectivity index (χ0) is 20.1. The van der Waals surface area contributed by atoms with E-state index in [-0.39, 0.29) is 5.69 Å². The third kappa shape index (κ3) is 3.10. The first kappa shape index (κ1) is 18.4. The van der Waals surface area contributed by atoms with Crippen molar-refractivity contribution in [1.29, 1.82) is 0 Å². The molecule has 1 aliphatic heterocycles. The van der Waals surface area contributed by atoms with Crippen molar-refractivity contribution in [3.05, 3.63) is 65.2 Å². The highest BCUT2D eigenvalue weighted by atomic mass is 19.4. The van der Waals surface area contributed by atoms with Gasteiger partial charge in [0, 0.05) is 17.7 Å². The molecule has 0 fully saturated rings. The topological polar surface area (TPSA) is 29.9 Å². The molecule has 1 aliphatic rings. The second-order valence-electron chi connectivity index (χ2n) is 6.35. The van der Waals surface area contributed by atoms with E-state index in [2.05, 4.69) is 10.4 Å². The normalized spacial score (nSPS) is 14.1. The van der Waals surface area contributed by atoms with E-state index < -0.39 is 23.5 Å². The van der Waals surface area contributed by atoms with Crippen molar-refractivity contribution in [1.82, 2.24) is 9.78 Å². The van der Waals surface area contributed by atoms with Crippen LogP contribution in [0, 0.1) is 0 Å². The monoisotopic (exact) mass is 397 g/mol. The molecular weight excluding hydrogens is 384 g/mol. The van der Waals surface area contributed by atoms with Gasteiger partial charge in [0.15, 0.2) is 0 Å². The van der Waals surface area contributed by atoms with Crippen molar-refractivity contribution in [2.24, 2.45) is 0 Å². The summed E-state index contributed by atoms with van der Waals surface area (Å²) in [5.74, 6) is 0.423. The summed E-state index contributed by atoms with van der Waals surface area (Å²) in [5.41, 5.74) is -0.321. The number of aromatic nitrogens is 2. The molecule has 0 aliphatic carbocycles. The summed E-state index contributed by atoms with van der Waals surface area (Å²) in [6.45, 7) is 0.509. The van der Waals surface area contributed by atoms with Crippen molar-refractivity contribution in [3.63, 3.8) is 0 Å². The van der Waals surface area contributed by atoms with E-state index in [4.69, 9.17) is 0 Å². The highest BCUT2D eigenvalue weighted by molar-refractivity contribution is 5.73. The fourth-order valence-corrected chi connectivity index (χ4v) is 3.30. The van der Waals surface area contributed by atoms with Crippen LogP contribution >= 0.6 is 0 Å². The number of halogens is 6. The fourth-order valence-electron chi connectivity index (χ4n) is 3.30. The van der Waals surface area contributed by atoms with Gasteiger partial charge in [-0.05, 0) is 30.7 Å². The molecule has 4 rings (SSSR count). The molecule has 0 amide bonds. The SMILES string of the molecule is FC(F)(F)c1ccc(-c2nn(-c3ccccc3C(F)(F)F)c3c2CCN3)cc1. The Balaban J connectivity index is 1.84. The lowest BCUT2D eigenvalue weighted by Crippen LogP contribution is -2.13. The lowest BCUT2D eigenvalue weighted by atomic mass is 10.0. The van der Waals surface area contributed by atoms with Crippen molar-refractivity contribution >= 4 is 5.82 Å². The number of alkyl halides is 6. The lowest BCUT2D eigenvalue weighted by molar-refractivity contribution is -0.138. The molecule has 1 N–H and O–H groups in total. The van der Waals surface area contributed by atoms with Gasteiger partial charge in [-0.15, -0.1) is 0 Å². The average Bonchev–Trinajstić information content (AvgIpc) is 3.23. The van der Waals surface area contributed by atoms with E-state index in [0.29, 0.717) is 35.6 Å². The van der Waals surface area contributed by atoms with Crippen LogP contribution < -0.4 is 5.32 Å². The number of nitrogens with one attached hydrogen (secondary N) is 1. The van der Waals surface area contributed by atoms with Crippen molar-refractivity contribution in [2.75, 3.05) is 11.9 Å². The Morgan fingerprint density at radius 1 is 0.857 bits per heavy atom. The minimum absolute atomic E-state index is 0.140. The quantitative estimate of drug-likeness (QED) is 0.575. The van der Waals surface area contributed by atoms with Gasteiger partial charge in [0.25, 0.3) is 0 Å². The fraction of sp³-hybridized carbons (Fsp3) is 0.211. The maximum absolute atomic E-state index is 13.4. The van der Waals surface area contributed by atoms with Crippen LogP contribution in [-0.2, 0) is 18.8 Å². The molecule has 0 atom stereocenters. The number of nitrogens with zero attached hydrogens (tertiary/aromatic N) is 2. The molecule has 2 aromatic carbocycles. The minimum Gasteiger partial charge on any atom is -0.369 e. The summed E-state index contributed by atoms with van der Waals surface area (Å²) in [6, 6.07) is 9.49. The third-order valence-electron chi connectivity index (χ3n) is 4.57. The van der Waals surface area contributed by atoms with E-state index in [1.165, 1.54) is 35.0 Å². The number of hydrogen-bond donors (Lipinski definition) is 1. The Bertz CT molecular complexity index is 1020. The van der Waals surface area contributed by atoms with Gasteiger partial charge in [-0.3, -0.25) is 0 Å². The Labute approximate surface area is 155 Å². The Morgan fingerprint density at radius 2 is 1.54 bits per heavy atom. The average molecular weight is 397 g/mol. The van der Waals surface area contributed by atoms with E-state index >= 15 is 0 Å². The third-order valence-corrected chi connectivity index (χ3v) is 4.57. The zero-order valence-electron chi connectivity index (χ0n) is 14.2. The second kappa shape index (κ2) is 6.29. The van der Waals surface area contributed by atoms with Crippen LogP contribution in [0.2, 0.25) is 0 Å². The Kier molecular flexibility index (Phi) is 4.13. The largest absolute Gasteiger partial charge is 0.418 e. The molecule has 0 bridgehead atoms. The molecule has 0 saturated carbocycles. The van der Waals surface area contributed by atoms with Crippen LogP contribution in [-0.4, -0.2) is 16.3 Å². The maximum atomic E-state index is 13.4. The van der Waals surface area contributed by atoms with Crippen LogP contribution in [0.1, 0.15) is 16.7 Å². The van der Waals surface area contributed by atoms with E-state index in [1.54, 1.807) is 0 Å². The summed E-state index contributed by atoms with van der Waals surface area (Å²) in [6.07, 6.45) is -8.52. The number of benzene rings is 2. The van der Waals surface area contributed by atoms with Gasteiger partial charge < -0.3 is 5.32 Å². The van der Waals surface area contributed by atoms with Crippen LogP contribution in [0.4, 0.5) is 32.2 Å². The highest BCUT2D eigenvalue weighted by Crippen LogP contribution is 2.39. The Morgan fingerprint density at radius 3 is 2.18 bits per heavy atom. The maximum Gasteiger partial charge on any atom is 0.418 e. The van der Waals surface area contributed by atoms with Crippen LogP contribution in [0.15, 0.2) is 48.5 Å². The number of hydrogen-bond acceptors (Lipinski definition) is 2. The molecule has 2 heterocycles. The molecule has 3 aromatic rings. The van der Waals surface area contributed by atoms with E-state index in [9.17, 15) is 26.3 Å². The van der Waals surface area contributed by atoms with Gasteiger partial charge in [0.2, 0.25) is 0 Å². The molecule has 0 spiro atoms. The first-order valence-electron chi connectivity index (χ1n) is 8.36. The number of rotatable bonds is 2. The second-order valence-corrected chi connectivity index (χ2v) is 6.35. The Hall–Kier alpha value is -2.97. The number of para-hydroxylation sites is 1. The van der Waals surface area contributed by atoms with Gasteiger partial charge in [-0.1, -0.05) is 24.3 Å². The smallest absolute Gasteiger partial charge is 0.369 e. The number of fused-ring (bicyclic) bond motifs is 1. The summed E-state index contributed by atoms with van der Waals surface area (Å²) in [5, 5.41) is 7.34. The molecule has 9 heteroatoms. The van der Waals surface area contributed by atoms with E-state index in [0.717, 1.165) is 18.2 Å². The molecule has 0 saturated heterocycles. The van der Waals surface area contributed by atoms with Crippen molar-refractivity contribution < 1.29 is 26.3 Å². The zero-order valence-corrected chi connectivity index (χ0v) is 14.2. The van der Waals surface area contributed by atoms with Gasteiger partial charge in [0.05, 0.1) is 22.5 Å². The van der Waals surface area contributed by atoms with Crippen LogP contribution in [0.5, 0.6) is 0 Å². The standard InChI is InChI=1S/C19H13F6N3/c20-18(21,22)12-7-5-11(6-8-12)16-13-9-10-26-17(13)28(27-16)15-4-2-1-3-14(15)19(23,24)25/h1-8,26H,9-10H2. The van der Waals surface area contributed by atoms with Gasteiger partial charge in [0.1, 0.15) is 5.82 Å². The van der Waals surface area contributed by atoms with Crippen molar-refractivity contribution in [2.45, 2.75) is 18.8 Å². The molecule has 3 nitrogen and oxygen atoms in total. The summed E-state index contributed by atoms with van der Waals surface area (Å²) < 4.78 is 79.8. The molecular formula is C19H13F6N3. The molecule has 0 radical (unpaired) electrons. The minimum atomic E-state index is -4.57. The summed E-state index contributed by atoms with van der Waals surface area (Å²) >= 11 is 0. The predicted molar refractivity (Wildman–Crippen MR) is 91.2 cm³/mol. The van der Waals surface area contributed by atoms with Gasteiger partial charge in [-0.25, -0.2) is 4.68 Å². The first-order chi connectivity index (χ1) is 13.2. The molecule has 1 aromatic heterocycles. The van der Waals surface area contributed by atoms with Gasteiger partial charge >= 0.3 is 12.4 Å². The lowest BCUT2D eigenvalue weighted by Gasteiger charge is -2.14. The van der Waals surface area contributed by atoms with E-state index in [1.807, 2.05) is 0 Å².